The predicted octanol–water partition coefficient (Wildman–Crippen LogP) is 5.35. The van der Waals surface area contributed by atoms with Crippen LogP contribution in [0.4, 0.5) is 0 Å². The van der Waals surface area contributed by atoms with Gasteiger partial charge in [0.15, 0.2) is 0 Å². The van der Waals surface area contributed by atoms with E-state index in [9.17, 15) is 4.79 Å². The number of rotatable bonds is 4. The summed E-state index contributed by atoms with van der Waals surface area (Å²) in [6.07, 6.45) is 5.43. The summed E-state index contributed by atoms with van der Waals surface area (Å²) in [7, 11) is 0. The molecule has 0 saturated carbocycles. The summed E-state index contributed by atoms with van der Waals surface area (Å²) in [5, 5.41) is 2.89. The molecule has 2 bridgehead atoms. The fourth-order valence-electron chi connectivity index (χ4n) is 4.80. The molecule has 4 heterocycles. The molecule has 3 nitrogen and oxygen atoms in total. The normalized spacial score (nSPS) is 21.4. The third-order valence-electron chi connectivity index (χ3n) is 5.98. The fraction of sp³-hybridized carbons (Fsp3) is 0.292. The van der Waals surface area contributed by atoms with Crippen LogP contribution in [0.15, 0.2) is 58.7 Å². The van der Waals surface area contributed by atoms with Gasteiger partial charge in [0.25, 0.3) is 5.56 Å². The molecule has 1 aromatic carbocycles. The average Bonchev–Trinajstić information content (AvgIpc) is 3.22. The molecule has 0 aliphatic carbocycles. The SMILES string of the molecule is O=c1ccc(C=Cc2ccc(Cl)cc2)c2n1C[C@@H]1C[C@@H]2CN(Cc2cccs2)C1. The molecule has 0 spiro atoms. The van der Waals surface area contributed by atoms with Crippen LogP contribution in [0.3, 0.4) is 0 Å². The highest BCUT2D eigenvalue weighted by Gasteiger charge is 2.35. The third kappa shape index (κ3) is 3.97. The van der Waals surface area contributed by atoms with Gasteiger partial charge in [-0.1, -0.05) is 42.0 Å². The number of hydrogen-bond acceptors (Lipinski definition) is 3. The van der Waals surface area contributed by atoms with Crippen LogP contribution in [0.2, 0.25) is 5.02 Å². The molecule has 2 aliphatic rings. The number of hydrogen-bond donors (Lipinski definition) is 0. The van der Waals surface area contributed by atoms with Crippen molar-refractivity contribution in [3.8, 4) is 0 Å². The summed E-state index contributed by atoms with van der Waals surface area (Å²) in [5.41, 5.74) is 3.59. The molecule has 0 amide bonds. The minimum Gasteiger partial charge on any atom is -0.311 e. The third-order valence-corrected chi connectivity index (χ3v) is 7.10. The van der Waals surface area contributed by atoms with Crippen LogP contribution >= 0.6 is 22.9 Å². The molecule has 0 radical (unpaired) electrons. The zero-order valence-corrected chi connectivity index (χ0v) is 17.7. The Bertz CT molecular complexity index is 1090. The Morgan fingerprint density at radius 3 is 2.69 bits per heavy atom. The lowest BCUT2D eigenvalue weighted by Gasteiger charge is -2.43. The van der Waals surface area contributed by atoms with Gasteiger partial charge in [-0.15, -0.1) is 11.3 Å². The standard InChI is InChI=1S/C24H23ClN2OS/c25-21-8-4-17(5-9-21)3-6-19-7-10-23(28)27-14-18-12-20(24(19)27)15-26(13-18)16-22-2-1-11-29-22/h1-11,18,20H,12-16H2/t18-,20-/m1/s1. The second-order valence-electron chi connectivity index (χ2n) is 8.08. The fourth-order valence-corrected chi connectivity index (χ4v) is 5.67. The highest BCUT2D eigenvalue weighted by Crippen LogP contribution is 2.38. The zero-order valence-electron chi connectivity index (χ0n) is 16.1. The highest BCUT2D eigenvalue weighted by molar-refractivity contribution is 7.09. The van der Waals surface area contributed by atoms with Crippen LogP contribution in [0, 0.1) is 5.92 Å². The smallest absolute Gasteiger partial charge is 0.250 e. The topological polar surface area (TPSA) is 25.2 Å². The lowest BCUT2D eigenvalue weighted by Crippen LogP contribution is -2.47. The van der Waals surface area contributed by atoms with Crippen LogP contribution in [-0.2, 0) is 13.1 Å². The summed E-state index contributed by atoms with van der Waals surface area (Å²) in [5.74, 6) is 0.954. The van der Waals surface area contributed by atoms with Crippen molar-refractivity contribution in [1.29, 1.82) is 0 Å². The van der Waals surface area contributed by atoms with Crippen LogP contribution in [0.5, 0.6) is 0 Å². The molecule has 3 aromatic rings. The lowest BCUT2D eigenvalue weighted by atomic mass is 9.81. The minimum absolute atomic E-state index is 0.130. The maximum absolute atomic E-state index is 12.6. The first-order chi connectivity index (χ1) is 14.2. The van der Waals surface area contributed by atoms with Crippen molar-refractivity contribution >= 4 is 35.1 Å². The maximum atomic E-state index is 12.6. The summed E-state index contributed by atoms with van der Waals surface area (Å²) in [4.78, 5) is 16.6. The lowest BCUT2D eigenvalue weighted by molar-refractivity contribution is 0.115. The number of pyridine rings is 1. The van der Waals surface area contributed by atoms with Gasteiger partial charge in [-0.05, 0) is 53.1 Å². The van der Waals surface area contributed by atoms with Crippen molar-refractivity contribution < 1.29 is 0 Å². The number of nitrogens with zero attached hydrogens (tertiary/aromatic N) is 2. The van der Waals surface area contributed by atoms with E-state index in [1.165, 1.54) is 17.0 Å². The monoisotopic (exact) mass is 422 g/mol. The summed E-state index contributed by atoms with van der Waals surface area (Å²) < 4.78 is 2.03. The molecule has 2 aliphatic heterocycles. The molecule has 2 aromatic heterocycles. The van der Waals surface area contributed by atoms with E-state index in [2.05, 4.69) is 34.6 Å². The number of likely N-dealkylation sites (tertiary alicyclic amines) is 1. The minimum atomic E-state index is 0.130. The number of aromatic nitrogens is 1. The number of thiophene rings is 1. The van der Waals surface area contributed by atoms with E-state index in [1.807, 2.05) is 46.2 Å². The van der Waals surface area contributed by atoms with Crippen molar-refractivity contribution in [3.05, 3.63) is 91.0 Å². The molecular formula is C24H23ClN2OS. The van der Waals surface area contributed by atoms with Crippen molar-refractivity contribution in [2.45, 2.75) is 25.4 Å². The highest BCUT2D eigenvalue weighted by atomic mass is 35.5. The van der Waals surface area contributed by atoms with E-state index in [1.54, 1.807) is 6.07 Å². The first-order valence-corrected chi connectivity index (χ1v) is 11.3. The van der Waals surface area contributed by atoms with Gasteiger partial charge < -0.3 is 4.57 Å². The zero-order chi connectivity index (χ0) is 19.8. The second-order valence-corrected chi connectivity index (χ2v) is 9.55. The first kappa shape index (κ1) is 18.9. The molecule has 1 fully saturated rings. The van der Waals surface area contributed by atoms with Crippen LogP contribution in [0.1, 0.15) is 34.0 Å². The Balaban J connectivity index is 1.45. The van der Waals surface area contributed by atoms with Gasteiger partial charge in [0, 0.05) is 53.8 Å². The van der Waals surface area contributed by atoms with Crippen LogP contribution in [-0.4, -0.2) is 22.6 Å². The van der Waals surface area contributed by atoms with Crippen molar-refractivity contribution in [2.24, 2.45) is 5.92 Å². The van der Waals surface area contributed by atoms with Gasteiger partial charge in [-0.3, -0.25) is 9.69 Å². The van der Waals surface area contributed by atoms with Gasteiger partial charge in [0.1, 0.15) is 0 Å². The van der Waals surface area contributed by atoms with E-state index in [0.717, 1.165) is 42.3 Å². The Hall–Kier alpha value is -2.14. The molecule has 5 rings (SSSR count). The first-order valence-electron chi connectivity index (χ1n) is 10.1. The van der Waals surface area contributed by atoms with Crippen molar-refractivity contribution in [3.63, 3.8) is 0 Å². The molecule has 148 valence electrons. The molecule has 0 unspecified atom stereocenters. The van der Waals surface area contributed by atoms with Gasteiger partial charge in [-0.2, -0.15) is 0 Å². The van der Waals surface area contributed by atoms with E-state index in [0.29, 0.717) is 11.8 Å². The molecule has 1 saturated heterocycles. The van der Waals surface area contributed by atoms with Gasteiger partial charge in [0.2, 0.25) is 0 Å². The Labute approximate surface area is 179 Å². The van der Waals surface area contributed by atoms with Crippen LogP contribution in [0.25, 0.3) is 12.2 Å². The molecule has 5 heteroatoms. The van der Waals surface area contributed by atoms with Gasteiger partial charge >= 0.3 is 0 Å². The van der Waals surface area contributed by atoms with E-state index >= 15 is 0 Å². The van der Waals surface area contributed by atoms with Gasteiger partial charge in [0.05, 0.1) is 0 Å². The summed E-state index contributed by atoms with van der Waals surface area (Å²) in [6.45, 7) is 3.93. The second kappa shape index (κ2) is 7.94. The Kier molecular flexibility index (Phi) is 5.17. The number of piperidine rings is 1. The molecule has 0 N–H and O–H groups in total. The summed E-state index contributed by atoms with van der Waals surface area (Å²) in [6, 6.07) is 15.9. The van der Waals surface area contributed by atoms with Crippen LogP contribution < -0.4 is 5.56 Å². The Morgan fingerprint density at radius 1 is 1.03 bits per heavy atom. The van der Waals surface area contributed by atoms with E-state index < -0.39 is 0 Å². The van der Waals surface area contributed by atoms with Crippen molar-refractivity contribution in [1.82, 2.24) is 9.47 Å². The largest absolute Gasteiger partial charge is 0.311 e. The molecular weight excluding hydrogens is 400 g/mol. The molecule has 2 atom stereocenters. The number of halogens is 1. The van der Waals surface area contributed by atoms with E-state index in [4.69, 9.17) is 11.6 Å². The predicted molar refractivity (Wildman–Crippen MR) is 122 cm³/mol. The average molecular weight is 423 g/mol. The van der Waals surface area contributed by atoms with E-state index in [-0.39, 0.29) is 5.56 Å². The van der Waals surface area contributed by atoms with Gasteiger partial charge in [-0.25, -0.2) is 0 Å². The quantitative estimate of drug-likeness (QED) is 0.566. The number of benzene rings is 1. The summed E-state index contributed by atoms with van der Waals surface area (Å²) >= 11 is 7.82. The number of fused-ring (bicyclic) bond motifs is 4. The van der Waals surface area contributed by atoms with Crippen molar-refractivity contribution in [2.75, 3.05) is 13.1 Å². The molecule has 29 heavy (non-hydrogen) atoms. The maximum Gasteiger partial charge on any atom is 0.250 e. The Morgan fingerprint density at radius 2 is 1.90 bits per heavy atom.